The fourth-order valence-corrected chi connectivity index (χ4v) is 1.68. The van der Waals surface area contributed by atoms with Gasteiger partial charge in [-0.25, -0.2) is 13.6 Å². The molecule has 0 heterocycles. The molecule has 0 saturated carbocycles. The third-order valence-electron chi connectivity index (χ3n) is 1.76. The van der Waals surface area contributed by atoms with Crippen molar-refractivity contribution >= 4 is 21.9 Å². The molecule has 5 heteroatoms. The summed E-state index contributed by atoms with van der Waals surface area (Å²) < 4.78 is 30.2. The molecule has 0 unspecified atom stereocenters. The second-order valence-corrected chi connectivity index (χ2v) is 3.58. The van der Waals surface area contributed by atoms with E-state index in [9.17, 15) is 13.6 Å². The molecular formula is C10H9BrF2O2. The first-order valence-electron chi connectivity index (χ1n) is 4.31. The van der Waals surface area contributed by atoms with Gasteiger partial charge in [0.1, 0.15) is 0 Å². The van der Waals surface area contributed by atoms with Crippen molar-refractivity contribution in [3.63, 3.8) is 0 Å². The first kappa shape index (κ1) is 12.1. The van der Waals surface area contributed by atoms with Crippen molar-refractivity contribution in [2.24, 2.45) is 0 Å². The Bertz CT molecular complexity index is 366. The molecule has 0 aromatic heterocycles. The molecule has 0 fully saturated rings. The van der Waals surface area contributed by atoms with Gasteiger partial charge in [-0.05, 0) is 28.9 Å². The second-order valence-electron chi connectivity index (χ2n) is 2.73. The minimum Gasteiger partial charge on any atom is -0.462 e. The van der Waals surface area contributed by atoms with Gasteiger partial charge in [0, 0.05) is 10.0 Å². The topological polar surface area (TPSA) is 26.3 Å². The Hall–Kier alpha value is -0.970. The molecule has 0 aliphatic rings. The molecule has 0 aliphatic carbocycles. The molecule has 0 N–H and O–H groups in total. The molecule has 0 aliphatic heterocycles. The Kier molecular flexibility index (Phi) is 4.20. The molecule has 0 amide bonds. The van der Waals surface area contributed by atoms with Crippen molar-refractivity contribution < 1.29 is 18.3 Å². The van der Waals surface area contributed by atoms with E-state index in [1.54, 1.807) is 6.92 Å². The predicted octanol–water partition coefficient (Wildman–Crippen LogP) is 3.56. The third kappa shape index (κ3) is 2.75. The highest BCUT2D eigenvalue weighted by Crippen LogP contribution is 2.29. The van der Waals surface area contributed by atoms with Crippen LogP contribution >= 0.6 is 15.9 Å². The summed E-state index contributed by atoms with van der Waals surface area (Å²) in [4.78, 5) is 11.4. The average Bonchev–Trinajstić information content (AvgIpc) is 2.17. The van der Waals surface area contributed by atoms with Crippen LogP contribution in [0.25, 0.3) is 0 Å². The maximum atomic E-state index is 12.6. The van der Waals surface area contributed by atoms with E-state index in [4.69, 9.17) is 4.74 Å². The molecule has 15 heavy (non-hydrogen) atoms. The molecule has 1 rings (SSSR count). The van der Waals surface area contributed by atoms with Gasteiger partial charge in [0.05, 0.1) is 12.2 Å². The maximum Gasteiger partial charge on any atom is 0.339 e. The molecule has 1 aromatic rings. The number of ether oxygens (including phenoxy) is 1. The monoisotopic (exact) mass is 278 g/mol. The van der Waals surface area contributed by atoms with Crippen molar-refractivity contribution in [2.75, 3.05) is 6.61 Å². The van der Waals surface area contributed by atoms with Gasteiger partial charge in [-0.1, -0.05) is 12.1 Å². The van der Waals surface area contributed by atoms with Crippen LogP contribution in [0.3, 0.4) is 0 Å². The highest BCUT2D eigenvalue weighted by Gasteiger charge is 2.21. The zero-order valence-electron chi connectivity index (χ0n) is 7.97. The van der Waals surface area contributed by atoms with Crippen LogP contribution in [-0.2, 0) is 4.74 Å². The molecule has 0 saturated heterocycles. The summed E-state index contributed by atoms with van der Waals surface area (Å²) in [6.45, 7) is 1.78. The van der Waals surface area contributed by atoms with E-state index < -0.39 is 12.4 Å². The number of carbonyl (C=O) groups excluding carboxylic acids is 1. The van der Waals surface area contributed by atoms with E-state index in [0.29, 0.717) is 4.47 Å². The lowest BCUT2D eigenvalue weighted by Gasteiger charge is -2.09. The molecule has 0 spiro atoms. The quantitative estimate of drug-likeness (QED) is 0.791. The van der Waals surface area contributed by atoms with E-state index >= 15 is 0 Å². The number of hydrogen-bond acceptors (Lipinski definition) is 2. The van der Waals surface area contributed by atoms with E-state index in [1.807, 2.05) is 0 Å². The summed E-state index contributed by atoms with van der Waals surface area (Å²) in [5, 5.41) is 0. The normalized spacial score (nSPS) is 10.5. The van der Waals surface area contributed by atoms with Crippen molar-refractivity contribution in [1.29, 1.82) is 0 Å². The molecule has 1 aromatic carbocycles. The predicted molar refractivity (Wildman–Crippen MR) is 55.1 cm³/mol. The molecule has 82 valence electrons. The Labute approximate surface area is 94.4 Å². The molecule has 2 nitrogen and oxygen atoms in total. The van der Waals surface area contributed by atoms with E-state index in [0.717, 1.165) is 0 Å². The summed E-state index contributed by atoms with van der Waals surface area (Å²) in [7, 11) is 0. The van der Waals surface area contributed by atoms with Crippen molar-refractivity contribution in [2.45, 2.75) is 13.3 Å². The Morgan fingerprint density at radius 2 is 2.20 bits per heavy atom. The van der Waals surface area contributed by atoms with Gasteiger partial charge in [-0.2, -0.15) is 0 Å². The lowest BCUT2D eigenvalue weighted by Crippen LogP contribution is -2.09. The SMILES string of the molecule is CCOC(=O)c1c(Br)cccc1C(F)F. The van der Waals surface area contributed by atoms with E-state index in [2.05, 4.69) is 15.9 Å². The van der Waals surface area contributed by atoms with E-state index in [1.165, 1.54) is 18.2 Å². The van der Waals surface area contributed by atoms with Crippen LogP contribution < -0.4 is 0 Å². The minimum absolute atomic E-state index is 0.102. The first-order valence-corrected chi connectivity index (χ1v) is 5.11. The van der Waals surface area contributed by atoms with Gasteiger partial charge >= 0.3 is 5.97 Å². The van der Waals surface area contributed by atoms with Crippen LogP contribution in [0.1, 0.15) is 29.3 Å². The number of halogens is 3. The summed E-state index contributed by atoms with van der Waals surface area (Å²) in [6, 6.07) is 4.19. The largest absolute Gasteiger partial charge is 0.462 e. The Morgan fingerprint density at radius 3 is 2.73 bits per heavy atom. The van der Waals surface area contributed by atoms with Gasteiger partial charge < -0.3 is 4.74 Å². The fourth-order valence-electron chi connectivity index (χ4n) is 1.14. The summed E-state index contributed by atoms with van der Waals surface area (Å²) >= 11 is 3.05. The van der Waals surface area contributed by atoms with Crippen LogP contribution in [0.2, 0.25) is 0 Å². The second kappa shape index (κ2) is 5.21. The number of rotatable bonds is 3. The van der Waals surface area contributed by atoms with Gasteiger partial charge in [-0.15, -0.1) is 0 Å². The average molecular weight is 279 g/mol. The van der Waals surface area contributed by atoms with Crippen LogP contribution in [-0.4, -0.2) is 12.6 Å². The zero-order chi connectivity index (χ0) is 11.4. The molecule has 0 radical (unpaired) electrons. The Balaban J connectivity index is 3.18. The maximum absolute atomic E-state index is 12.6. The lowest BCUT2D eigenvalue weighted by atomic mass is 10.1. The number of benzene rings is 1. The van der Waals surface area contributed by atoms with E-state index in [-0.39, 0.29) is 17.7 Å². The third-order valence-corrected chi connectivity index (χ3v) is 2.42. The van der Waals surface area contributed by atoms with Crippen LogP contribution in [0.15, 0.2) is 22.7 Å². The summed E-state index contributed by atoms with van der Waals surface area (Å²) in [5.74, 6) is -0.736. The molecule has 0 atom stereocenters. The van der Waals surface area contributed by atoms with Crippen molar-refractivity contribution in [3.05, 3.63) is 33.8 Å². The number of alkyl halides is 2. The van der Waals surface area contributed by atoms with Gasteiger partial charge in [-0.3, -0.25) is 0 Å². The Morgan fingerprint density at radius 1 is 1.53 bits per heavy atom. The summed E-state index contributed by atoms with van der Waals surface area (Å²) in [6.07, 6.45) is -2.69. The number of hydrogen-bond donors (Lipinski definition) is 0. The highest BCUT2D eigenvalue weighted by molar-refractivity contribution is 9.10. The van der Waals surface area contributed by atoms with Crippen molar-refractivity contribution in [3.8, 4) is 0 Å². The highest BCUT2D eigenvalue weighted by atomic mass is 79.9. The van der Waals surface area contributed by atoms with Crippen LogP contribution in [0, 0.1) is 0 Å². The van der Waals surface area contributed by atoms with Gasteiger partial charge in [0.15, 0.2) is 0 Å². The van der Waals surface area contributed by atoms with Crippen LogP contribution in [0.4, 0.5) is 8.78 Å². The smallest absolute Gasteiger partial charge is 0.339 e. The van der Waals surface area contributed by atoms with Gasteiger partial charge in [0.2, 0.25) is 0 Å². The van der Waals surface area contributed by atoms with Gasteiger partial charge in [0.25, 0.3) is 6.43 Å². The molecule has 0 bridgehead atoms. The molecular weight excluding hydrogens is 270 g/mol. The standard InChI is InChI=1S/C10H9BrF2O2/c1-2-15-10(14)8-6(9(12)13)4-3-5-7(8)11/h3-5,9H,2H2,1H3. The number of carbonyl (C=O) groups is 1. The first-order chi connectivity index (χ1) is 7.07. The zero-order valence-corrected chi connectivity index (χ0v) is 9.55. The lowest BCUT2D eigenvalue weighted by molar-refractivity contribution is 0.0514. The van der Waals surface area contributed by atoms with Crippen LogP contribution in [0.5, 0.6) is 0 Å². The summed E-state index contributed by atoms with van der Waals surface area (Å²) in [5.41, 5.74) is -0.419. The van der Waals surface area contributed by atoms with Crippen molar-refractivity contribution in [1.82, 2.24) is 0 Å². The fraction of sp³-hybridized carbons (Fsp3) is 0.300. The minimum atomic E-state index is -2.69. The number of esters is 1.